The van der Waals surface area contributed by atoms with Gasteiger partial charge in [-0.3, -0.25) is 0 Å². The Morgan fingerprint density at radius 3 is 2.94 bits per heavy atom. The van der Waals surface area contributed by atoms with Gasteiger partial charge in [0.05, 0.1) is 0 Å². The summed E-state index contributed by atoms with van der Waals surface area (Å²) >= 11 is 0. The van der Waals surface area contributed by atoms with Crippen molar-refractivity contribution in [3.63, 3.8) is 0 Å². The predicted molar refractivity (Wildman–Crippen MR) is 76.8 cm³/mol. The number of nitrogens with zero attached hydrogens (tertiary/aromatic N) is 1. The summed E-state index contributed by atoms with van der Waals surface area (Å²) in [5, 5.41) is 4.87. The third-order valence-corrected chi connectivity index (χ3v) is 4.17. The molecule has 1 radical (unpaired) electrons. The molecule has 18 heavy (non-hydrogen) atoms. The molecule has 1 aliphatic rings. The first-order chi connectivity index (χ1) is 8.74. The fourth-order valence-electron chi connectivity index (χ4n) is 3.13. The second-order valence-corrected chi connectivity index (χ2v) is 5.41. The summed E-state index contributed by atoms with van der Waals surface area (Å²) in [6.45, 7) is 9.86. The fourth-order valence-corrected chi connectivity index (χ4v) is 3.13. The summed E-state index contributed by atoms with van der Waals surface area (Å²) < 4.78 is 2.34. The molecule has 1 atom stereocenters. The van der Waals surface area contributed by atoms with Gasteiger partial charge in [0.15, 0.2) is 0 Å². The molecule has 1 N–H and O–H groups in total. The molecule has 0 saturated carbocycles. The lowest BCUT2D eigenvalue weighted by Gasteiger charge is -2.34. The van der Waals surface area contributed by atoms with Crippen LogP contribution < -0.4 is 5.32 Å². The molecule has 95 valence electrons. The topological polar surface area (TPSA) is 17.0 Å². The van der Waals surface area contributed by atoms with Gasteiger partial charge in [0.1, 0.15) is 0 Å². The van der Waals surface area contributed by atoms with Gasteiger partial charge in [-0.1, -0.05) is 18.2 Å². The number of hydrogen-bond donors (Lipinski definition) is 1. The van der Waals surface area contributed by atoms with Crippen LogP contribution in [-0.4, -0.2) is 17.7 Å². The van der Waals surface area contributed by atoms with E-state index in [1.165, 1.54) is 29.3 Å². The first-order valence-electron chi connectivity index (χ1n) is 6.89. The Kier molecular flexibility index (Phi) is 2.90. The van der Waals surface area contributed by atoms with E-state index < -0.39 is 0 Å². The molecular formula is C16H21N2. The maximum atomic E-state index is 4.52. The highest BCUT2D eigenvalue weighted by Gasteiger charge is 2.31. The molecule has 2 heterocycles. The number of benzene rings is 1. The predicted octanol–water partition coefficient (Wildman–Crippen LogP) is 3.12. The number of aromatic nitrogens is 1. The maximum Gasteiger partial charge on any atom is 0.0483 e. The lowest BCUT2D eigenvalue weighted by Crippen LogP contribution is -2.41. The minimum Gasteiger partial charge on any atom is -0.347 e. The monoisotopic (exact) mass is 241 g/mol. The van der Waals surface area contributed by atoms with E-state index in [0.29, 0.717) is 0 Å². The zero-order valence-electron chi connectivity index (χ0n) is 11.1. The number of para-hydroxylation sites is 1. The second kappa shape index (κ2) is 4.43. The molecule has 1 aromatic heterocycles. The van der Waals surface area contributed by atoms with Gasteiger partial charge >= 0.3 is 0 Å². The molecule has 1 aliphatic heterocycles. The largest absolute Gasteiger partial charge is 0.347 e. The molecular weight excluding hydrogens is 220 g/mol. The molecule has 2 heteroatoms. The fraction of sp³-hybridized carbons (Fsp3) is 0.438. The van der Waals surface area contributed by atoms with Crippen molar-refractivity contribution in [2.45, 2.75) is 31.7 Å². The first kappa shape index (κ1) is 11.8. The third-order valence-electron chi connectivity index (χ3n) is 4.17. The van der Waals surface area contributed by atoms with E-state index in [1.807, 2.05) is 0 Å². The number of piperidine rings is 1. The molecule has 1 aromatic carbocycles. The minimum absolute atomic E-state index is 0.0400. The van der Waals surface area contributed by atoms with Crippen LogP contribution in [-0.2, 0) is 12.0 Å². The van der Waals surface area contributed by atoms with Crippen LogP contribution in [0.3, 0.4) is 0 Å². The lowest BCUT2D eigenvalue weighted by atomic mass is 9.76. The molecule has 1 fully saturated rings. The van der Waals surface area contributed by atoms with Crippen molar-refractivity contribution in [3.05, 3.63) is 42.9 Å². The van der Waals surface area contributed by atoms with Crippen molar-refractivity contribution in [2.24, 2.45) is 0 Å². The van der Waals surface area contributed by atoms with Crippen LogP contribution in [0, 0.1) is 6.92 Å². The maximum absolute atomic E-state index is 4.52. The summed E-state index contributed by atoms with van der Waals surface area (Å²) in [6.07, 6.45) is 4.71. The van der Waals surface area contributed by atoms with Crippen molar-refractivity contribution < 1.29 is 0 Å². The van der Waals surface area contributed by atoms with Gasteiger partial charge in [0.2, 0.25) is 0 Å². The van der Waals surface area contributed by atoms with Gasteiger partial charge in [0.25, 0.3) is 0 Å². The second-order valence-electron chi connectivity index (χ2n) is 5.41. The zero-order chi connectivity index (χ0) is 12.6. The standard InChI is InChI=1S/C16H21N2/c1-3-18-11-14(13-7-4-5-8-15(13)18)16(2)9-6-10-17-12-16/h4-5,7-8,11,17H,2-3,6,9-10,12H2,1H3. The van der Waals surface area contributed by atoms with Crippen molar-refractivity contribution in [2.75, 3.05) is 13.1 Å². The van der Waals surface area contributed by atoms with E-state index in [9.17, 15) is 0 Å². The molecule has 2 nitrogen and oxygen atoms in total. The van der Waals surface area contributed by atoms with Gasteiger partial charge in [0, 0.05) is 35.6 Å². The van der Waals surface area contributed by atoms with E-state index in [0.717, 1.165) is 19.6 Å². The normalized spacial score (nSPS) is 24.6. The number of hydrogen-bond acceptors (Lipinski definition) is 1. The van der Waals surface area contributed by atoms with Crippen molar-refractivity contribution in [3.8, 4) is 0 Å². The average molecular weight is 241 g/mol. The smallest absolute Gasteiger partial charge is 0.0483 e. The van der Waals surface area contributed by atoms with E-state index in [4.69, 9.17) is 0 Å². The van der Waals surface area contributed by atoms with E-state index >= 15 is 0 Å². The Labute approximate surface area is 109 Å². The molecule has 0 spiro atoms. The van der Waals surface area contributed by atoms with Crippen LogP contribution in [0.1, 0.15) is 25.3 Å². The quantitative estimate of drug-likeness (QED) is 0.855. The highest BCUT2D eigenvalue weighted by molar-refractivity contribution is 5.85. The summed E-state index contributed by atoms with van der Waals surface area (Å²) in [6, 6.07) is 8.69. The van der Waals surface area contributed by atoms with Gasteiger partial charge in [-0.25, -0.2) is 0 Å². The van der Waals surface area contributed by atoms with E-state index in [-0.39, 0.29) is 5.41 Å². The third kappa shape index (κ3) is 1.76. The van der Waals surface area contributed by atoms with Crippen LogP contribution >= 0.6 is 0 Å². The summed E-state index contributed by atoms with van der Waals surface area (Å²) in [4.78, 5) is 0. The van der Waals surface area contributed by atoms with Crippen LogP contribution in [0.5, 0.6) is 0 Å². The number of nitrogens with one attached hydrogen (secondary N) is 1. The first-order valence-corrected chi connectivity index (χ1v) is 6.89. The summed E-state index contributed by atoms with van der Waals surface area (Å²) in [7, 11) is 0. The molecule has 0 bridgehead atoms. The van der Waals surface area contributed by atoms with Gasteiger partial charge in [-0.2, -0.15) is 0 Å². The van der Waals surface area contributed by atoms with Crippen LogP contribution in [0.4, 0.5) is 0 Å². The number of aryl methyl sites for hydroxylation is 1. The lowest BCUT2D eigenvalue weighted by molar-refractivity contribution is 0.375. The highest BCUT2D eigenvalue weighted by Crippen LogP contribution is 2.36. The molecule has 0 amide bonds. The SMILES string of the molecule is [CH2]C1(c2cn(CC)c3ccccc23)CCCNC1. The zero-order valence-corrected chi connectivity index (χ0v) is 11.1. The van der Waals surface area contributed by atoms with E-state index in [1.54, 1.807) is 0 Å². The molecule has 3 rings (SSSR count). The van der Waals surface area contributed by atoms with Crippen molar-refractivity contribution in [1.82, 2.24) is 9.88 Å². The Balaban J connectivity index is 2.16. The van der Waals surface area contributed by atoms with E-state index in [2.05, 4.69) is 54.2 Å². The van der Waals surface area contributed by atoms with Gasteiger partial charge < -0.3 is 9.88 Å². The van der Waals surface area contributed by atoms with Crippen LogP contribution in [0.25, 0.3) is 10.9 Å². The van der Waals surface area contributed by atoms with Gasteiger partial charge in [-0.05, 0) is 44.9 Å². The van der Waals surface area contributed by atoms with Crippen LogP contribution in [0.2, 0.25) is 0 Å². The number of rotatable bonds is 2. The molecule has 0 aliphatic carbocycles. The number of fused-ring (bicyclic) bond motifs is 1. The minimum atomic E-state index is 0.0400. The van der Waals surface area contributed by atoms with Gasteiger partial charge in [-0.15, -0.1) is 0 Å². The molecule has 1 unspecified atom stereocenters. The molecule has 2 aromatic rings. The Morgan fingerprint density at radius 2 is 2.22 bits per heavy atom. The van der Waals surface area contributed by atoms with Crippen molar-refractivity contribution >= 4 is 10.9 Å². The Hall–Kier alpha value is -1.28. The van der Waals surface area contributed by atoms with Crippen LogP contribution in [0.15, 0.2) is 30.5 Å². The van der Waals surface area contributed by atoms with Crippen molar-refractivity contribution in [1.29, 1.82) is 0 Å². The summed E-state index contributed by atoms with van der Waals surface area (Å²) in [5.74, 6) is 0. The Bertz CT molecular complexity index is 547. The average Bonchev–Trinajstić information content (AvgIpc) is 2.79. The highest BCUT2D eigenvalue weighted by atomic mass is 15.0. The molecule has 1 saturated heterocycles. The summed E-state index contributed by atoms with van der Waals surface area (Å²) in [5.41, 5.74) is 2.79. The Morgan fingerprint density at radius 1 is 1.39 bits per heavy atom.